The summed E-state index contributed by atoms with van der Waals surface area (Å²) in [5, 5.41) is 0.944. The molecule has 1 fully saturated rings. The first-order valence-corrected chi connectivity index (χ1v) is 11.4. The lowest BCUT2D eigenvalue weighted by Gasteiger charge is -2.32. The van der Waals surface area contributed by atoms with Gasteiger partial charge in [-0.2, -0.15) is 0 Å². The number of pyridine rings is 1. The summed E-state index contributed by atoms with van der Waals surface area (Å²) in [4.78, 5) is 20.6. The van der Waals surface area contributed by atoms with Crippen LogP contribution in [0.25, 0.3) is 22.3 Å². The lowest BCUT2D eigenvalue weighted by Crippen LogP contribution is -2.39. The molecule has 2 aromatic carbocycles. The van der Waals surface area contributed by atoms with Crippen molar-refractivity contribution < 1.29 is 4.79 Å². The highest BCUT2D eigenvalue weighted by Crippen LogP contribution is 2.29. The summed E-state index contributed by atoms with van der Waals surface area (Å²) in [5.41, 5.74) is 6.02. The molecule has 3 heterocycles. The third kappa shape index (κ3) is 4.05. The van der Waals surface area contributed by atoms with E-state index in [2.05, 4.69) is 49.4 Å². The van der Waals surface area contributed by atoms with Crippen LogP contribution in [-0.2, 0) is 13.5 Å². The topological polar surface area (TPSA) is 38.1 Å². The van der Waals surface area contributed by atoms with Gasteiger partial charge in [0.1, 0.15) is 0 Å². The number of aromatic nitrogens is 2. The highest BCUT2D eigenvalue weighted by atomic mass is 16.2. The highest BCUT2D eigenvalue weighted by Gasteiger charge is 2.26. The highest BCUT2D eigenvalue weighted by molar-refractivity contribution is 6.07. The maximum absolute atomic E-state index is 13.7. The maximum Gasteiger partial charge on any atom is 0.254 e. The molecule has 0 spiro atoms. The molecule has 4 aromatic rings. The maximum atomic E-state index is 13.7. The van der Waals surface area contributed by atoms with E-state index in [-0.39, 0.29) is 5.91 Å². The molecule has 1 aliphatic rings. The molecular weight excluding hydrogens is 394 g/mol. The van der Waals surface area contributed by atoms with Gasteiger partial charge in [-0.3, -0.25) is 4.79 Å². The van der Waals surface area contributed by atoms with Crippen LogP contribution in [0.15, 0.2) is 72.9 Å². The van der Waals surface area contributed by atoms with E-state index < -0.39 is 0 Å². The number of nitrogens with zero attached hydrogens (tertiary/aromatic N) is 3. The minimum atomic E-state index is 0.122. The molecule has 5 rings (SSSR count). The largest absolute Gasteiger partial charge is 0.349 e. The summed E-state index contributed by atoms with van der Waals surface area (Å²) in [6.45, 7) is 3.69. The van der Waals surface area contributed by atoms with Gasteiger partial charge >= 0.3 is 0 Å². The van der Waals surface area contributed by atoms with Gasteiger partial charge in [0.15, 0.2) is 0 Å². The van der Waals surface area contributed by atoms with Gasteiger partial charge < -0.3 is 9.47 Å². The predicted octanol–water partition coefficient (Wildman–Crippen LogP) is 5.64. The fourth-order valence-electron chi connectivity index (χ4n) is 4.83. The van der Waals surface area contributed by atoms with Gasteiger partial charge in [-0.05, 0) is 68.0 Å². The molecule has 0 atom stereocenters. The molecule has 0 saturated carbocycles. The summed E-state index contributed by atoms with van der Waals surface area (Å²) >= 11 is 0. The Kier molecular flexibility index (Phi) is 5.52. The minimum absolute atomic E-state index is 0.122. The second kappa shape index (κ2) is 8.62. The Labute approximate surface area is 189 Å². The quantitative estimate of drug-likeness (QED) is 0.426. The van der Waals surface area contributed by atoms with Gasteiger partial charge in [0.05, 0.1) is 22.5 Å². The van der Waals surface area contributed by atoms with Crippen LogP contribution in [0, 0.1) is 12.8 Å². The normalized spacial score (nSPS) is 14.8. The van der Waals surface area contributed by atoms with E-state index >= 15 is 0 Å². The van der Waals surface area contributed by atoms with Gasteiger partial charge in [-0.25, -0.2) is 4.98 Å². The number of benzene rings is 2. The van der Waals surface area contributed by atoms with Crippen LogP contribution in [0.4, 0.5) is 0 Å². The van der Waals surface area contributed by atoms with E-state index in [0.717, 1.165) is 65.8 Å². The number of carbonyl (C=O) groups is 1. The van der Waals surface area contributed by atoms with Crippen molar-refractivity contribution in [2.75, 3.05) is 13.1 Å². The number of hydrogen-bond acceptors (Lipinski definition) is 2. The molecule has 1 aliphatic heterocycles. The standard InChI is InChI=1S/C28H29N3O/c1-20-10-11-25-23(17-20)24(19-26(29-25)27-9-6-14-30(27)2)28(32)31-15-12-22(13-16-31)18-21-7-4-3-5-8-21/h3-11,14,17,19,22H,12-13,15-16,18H2,1-2H3. The third-order valence-electron chi connectivity index (χ3n) is 6.67. The number of fused-ring (bicyclic) bond motifs is 1. The van der Waals surface area contributed by atoms with Crippen LogP contribution >= 0.6 is 0 Å². The molecule has 0 radical (unpaired) electrons. The van der Waals surface area contributed by atoms with Crippen molar-refractivity contribution in [2.45, 2.75) is 26.2 Å². The van der Waals surface area contributed by atoms with Gasteiger partial charge in [0, 0.05) is 31.7 Å². The van der Waals surface area contributed by atoms with Crippen LogP contribution in [0.1, 0.15) is 34.3 Å². The Morgan fingerprint density at radius 3 is 2.50 bits per heavy atom. The van der Waals surface area contributed by atoms with Crippen molar-refractivity contribution in [3.05, 3.63) is 89.6 Å². The molecule has 0 unspecified atom stereocenters. The summed E-state index contributed by atoms with van der Waals surface area (Å²) in [5.74, 6) is 0.758. The van der Waals surface area contributed by atoms with Crippen molar-refractivity contribution in [3.63, 3.8) is 0 Å². The molecule has 32 heavy (non-hydrogen) atoms. The van der Waals surface area contributed by atoms with Crippen molar-refractivity contribution in [2.24, 2.45) is 13.0 Å². The zero-order chi connectivity index (χ0) is 22.1. The molecule has 1 amide bonds. The fraction of sp³-hybridized carbons (Fsp3) is 0.286. The van der Waals surface area contributed by atoms with Gasteiger partial charge in [-0.15, -0.1) is 0 Å². The van der Waals surface area contributed by atoms with Crippen LogP contribution in [0.2, 0.25) is 0 Å². The number of piperidine rings is 1. The smallest absolute Gasteiger partial charge is 0.254 e. The third-order valence-corrected chi connectivity index (χ3v) is 6.67. The molecule has 4 nitrogen and oxygen atoms in total. The van der Waals surface area contributed by atoms with Gasteiger partial charge in [-0.1, -0.05) is 42.0 Å². The SMILES string of the molecule is Cc1ccc2nc(-c3cccn3C)cc(C(=O)N3CCC(Cc4ccccc4)CC3)c2c1. The molecule has 162 valence electrons. The predicted molar refractivity (Wildman–Crippen MR) is 130 cm³/mol. The molecular formula is C28H29N3O. The minimum Gasteiger partial charge on any atom is -0.349 e. The van der Waals surface area contributed by atoms with E-state index in [0.29, 0.717) is 5.92 Å². The Bertz CT molecular complexity index is 1250. The monoisotopic (exact) mass is 423 g/mol. The lowest BCUT2D eigenvalue weighted by molar-refractivity contribution is 0.0692. The second-order valence-corrected chi connectivity index (χ2v) is 9.01. The molecule has 1 saturated heterocycles. The number of rotatable bonds is 4. The first-order chi connectivity index (χ1) is 15.6. The Morgan fingerprint density at radius 1 is 1.00 bits per heavy atom. The van der Waals surface area contributed by atoms with E-state index in [4.69, 9.17) is 4.98 Å². The Hall–Kier alpha value is -3.40. The fourth-order valence-corrected chi connectivity index (χ4v) is 4.83. The van der Waals surface area contributed by atoms with Crippen molar-refractivity contribution in [1.82, 2.24) is 14.5 Å². The van der Waals surface area contributed by atoms with Crippen molar-refractivity contribution in [1.29, 1.82) is 0 Å². The molecule has 0 N–H and O–H groups in total. The van der Waals surface area contributed by atoms with Crippen LogP contribution in [-0.4, -0.2) is 33.4 Å². The van der Waals surface area contributed by atoms with E-state index in [1.165, 1.54) is 5.56 Å². The molecule has 0 bridgehead atoms. The number of carbonyl (C=O) groups excluding carboxylic acids is 1. The summed E-state index contributed by atoms with van der Waals surface area (Å²) in [7, 11) is 2.01. The van der Waals surface area contributed by atoms with E-state index in [1.807, 2.05) is 47.0 Å². The summed E-state index contributed by atoms with van der Waals surface area (Å²) in [6, 6.07) is 22.9. The van der Waals surface area contributed by atoms with Gasteiger partial charge in [0.2, 0.25) is 0 Å². The zero-order valence-corrected chi connectivity index (χ0v) is 18.8. The van der Waals surface area contributed by atoms with E-state index in [1.54, 1.807) is 0 Å². The van der Waals surface area contributed by atoms with Crippen molar-refractivity contribution in [3.8, 4) is 11.4 Å². The molecule has 2 aromatic heterocycles. The average Bonchev–Trinajstić information content (AvgIpc) is 3.25. The zero-order valence-electron chi connectivity index (χ0n) is 18.8. The Balaban J connectivity index is 1.42. The second-order valence-electron chi connectivity index (χ2n) is 9.01. The van der Waals surface area contributed by atoms with E-state index in [9.17, 15) is 4.79 Å². The van der Waals surface area contributed by atoms with Crippen LogP contribution < -0.4 is 0 Å². The lowest BCUT2D eigenvalue weighted by atomic mass is 9.90. The first kappa shape index (κ1) is 20.5. The number of aryl methyl sites for hydroxylation is 2. The number of likely N-dealkylation sites (tertiary alicyclic amines) is 1. The average molecular weight is 424 g/mol. The van der Waals surface area contributed by atoms with Crippen LogP contribution in [0.3, 0.4) is 0 Å². The van der Waals surface area contributed by atoms with Gasteiger partial charge in [0.25, 0.3) is 5.91 Å². The van der Waals surface area contributed by atoms with Crippen LogP contribution in [0.5, 0.6) is 0 Å². The molecule has 4 heteroatoms. The number of amides is 1. The number of hydrogen-bond donors (Lipinski definition) is 0. The first-order valence-electron chi connectivity index (χ1n) is 11.4. The Morgan fingerprint density at radius 2 is 1.78 bits per heavy atom. The molecule has 0 aliphatic carbocycles. The van der Waals surface area contributed by atoms with Crippen molar-refractivity contribution >= 4 is 16.8 Å². The summed E-state index contributed by atoms with van der Waals surface area (Å²) < 4.78 is 2.05. The summed E-state index contributed by atoms with van der Waals surface area (Å²) in [6.07, 6.45) is 5.20.